The van der Waals surface area contributed by atoms with Crippen molar-refractivity contribution in [2.24, 2.45) is 0 Å². The van der Waals surface area contributed by atoms with Gasteiger partial charge in [-0.25, -0.2) is 0 Å². The summed E-state index contributed by atoms with van der Waals surface area (Å²) >= 11 is 0. The van der Waals surface area contributed by atoms with Gasteiger partial charge in [-0.05, 0) is 30.5 Å². The zero-order valence-electron chi connectivity index (χ0n) is 15.7. The van der Waals surface area contributed by atoms with Crippen molar-refractivity contribution in [3.63, 3.8) is 0 Å². The van der Waals surface area contributed by atoms with E-state index >= 15 is 0 Å². The van der Waals surface area contributed by atoms with Gasteiger partial charge in [-0.1, -0.05) is 91.0 Å². The highest BCUT2D eigenvalue weighted by Crippen LogP contribution is 2.56. The van der Waals surface area contributed by atoms with E-state index < -0.39 is 5.60 Å². The lowest BCUT2D eigenvalue weighted by Crippen LogP contribution is -2.66. The van der Waals surface area contributed by atoms with Crippen molar-refractivity contribution in [2.45, 2.75) is 31.0 Å². The predicted octanol–water partition coefficient (Wildman–Crippen LogP) is 4.80. The average molecular weight is 359 g/mol. The van der Waals surface area contributed by atoms with Crippen LogP contribution in [0.1, 0.15) is 36.6 Å². The number of hydrogen-bond acceptors (Lipinski definition) is 3. The molecule has 0 saturated carbocycles. The van der Waals surface area contributed by atoms with Crippen LogP contribution in [0.5, 0.6) is 0 Å². The molecule has 1 aliphatic rings. The predicted molar refractivity (Wildman–Crippen MR) is 107 cm³/mol. The molecule has 3 aromatic carbocycles. The Balaban J connectivity index is 1.81. The van der Waals surface area contributed by atoms with E-state index in [2.05, 4.69) is 38.1 Å². The molecule has 4 rings (SSSR count). The Hall–Kier alpha value is -2.46. The van der Waals surface area contributed by atoms with Crippen LogP contribution < -0.4 is 0 Å². The lowest BCUT2D eigenvalue weighted by Gasteiger charge is -2.61. The van der Waals surface area contributed by atoms with Gasteiger partial charge in [0.1, 0.15) is 0 Å². The molecule has 1 saturated heterocycles. The molecule has 0 unspecified atom stereocenters. The Bertz CT molecular complexity index is 880. The largest absolute Gasteiger partial charge is 0.393 e. The summed E-state index contributed by atoms with van der Waals surface area (Å²) in [4.78, 5) is 6.43. The minimum absolute atomic E-state index is 0.0854. The Morgan fingerprint density at radius 2 is 1.37 bits per heavy atom. The number of aliphatic hydroxyl groups excluding tert-OH is 1. The first-order valence-corrected chi connectivity index (χ1v) is 9.35. The van der Waals surface area contributed by atoms with E-state index in [9.17, 15) is 5.11 Å². The van der Waals surface area contributed by atoms with Crippen molar-refractivity contribution in [2.75, 3.05) is 6.61 Å². The van der Waals surface area contributed by atoms with E-state index in [4.69, 9.17) is 4.84 Å². The fourth-order valence-corrected chi connectivity index (χ4v) is 4.01. The van der Waals surface area contributed by atoms with Crippen LogP contribution >= 0.6 is 0 Å². The third-order valence-corrected chi connectivity index (χ3v) is 5.58. The van der Waals surface area contributed by atoms with E-state index in [-0.39, 0.29) is 18.2 Å². The van der Waals surface area contributed by atoms with Gasteiger partial charge in [-0.15, -0.1) is 0 Å². The SMILES string of the molecule is CC(C)(c1ccccc1)N1O[C@@](CO)(c2ccccc2)[C@H]1c1ccccc1. The summed E-state index contributed by atoms with van der Waals surface area (Å²) in [6.07, 6.45) is 0. The molecule has 138 valence electrons. The summed E-state index contributed by atoms with van der Waals surface area (Å²) in [6, 6.07) is 30.6. The van der Waals surface area contributed by atoms with E-state index in [0.29, 0.717) is 0 Å². The van der Waals surface area contributed by atoms with Crippen LogP contribution in [0, 0.1) is 0 Å². The zero-order chi connectivity index (χ0) is 18.9. The molecule has 1 aliphatic heterocycles. The number of nitrogens with zero attached hydrogens (tertiary/aromatic N) is 1. The summed E-state index contributed by atoms with van der Waals surface area (Å²) in [5.74, 6) is 0. The molecular weight excluding hydrogens is 334 g/mol. The first kappa shape index (κ1) is 17.9. The normalized spacial score (nSPS) is 23.0. The van der Waals surface area contributed by atoms with Crippen LogP contribution in [0.3, 0.4) is 0 Å². The lowest BCUT2D eigenvalue weighted by molar-refractivity contribution is -0.446. The molecule has 0 spiro atoms. The second-order valence-electron chi connectivity index (χ2n) is 7.57. The van der Waals surface area contributed by atoms with Gasteiger partial charge in [0.15, 0.2) is 5.60 Å². The van der Waals surface area contributed by atoms with E-state index in [1.54, 1.807) is 0 Å². The van der Waals surface area contributed by atoms with Gasteiger partial charge < -0.3 is 5.11 Å². The first-order chi connectivity index (χ1) is 13.1. The number of benzene rings is 3. The molecule has 3 nitrogen and oxygen atoms in total. The van der Waals surface area contributed by atoms with Gasteiger partial charge >= 0.3 is 0 Å². The summed E-state index contributed by atoms with van der Waals surface area (Å²) in [6.45, 7) is 4.23. The molecule has 3 aromatic rings. The highest BCUT2D eigenvalue weighted by molar-refractivity contribution is 5.35. The Morgan fingerprint density at radius 1 is 0.852 bits per heavy atom. The molecule has 27 heavy (non-hydrogen) atoms. The van der Waals surface area contributed by atoms with Crippen molar-refractivity contribution in [1.29, 1.82) is 0 Å². The van der Waals surface area contributed by atoms with Gasteiger partial charge in [-0.2, -0.15) is 5.06 Å². The second kappa shape index (κ2) is 6.93. The molecule has 0 aliphatic carbocycles. The third-order valence-electron chi connectivity index (χ3n) is 5.58. The molecule has 0 radical (unpaired) electrons. The number of aliphatic hydroxyl groups is 1. The average Bonchev–Trinajstić information content (AvgIpc) is 2.70. The van der Waals surface area contributed by atoms with Crippen LogP contribution in [-0.2, 0) is 16.0 Å². The van der Waals surface area contributed by atoms with Gasteiger partial charge in [0.05, 0.1) is 18.2 Å². The molecule has 1 fully saturated rings. The van der Waals surface area contributed by atoms with Crippen molar-refractivity contribution < 1.29 is 9.94 Å². The topological polar surface area (TPSA) is 32.7 Å². The molecule has 0 aromatic heterocycles. The molecular formula is C24H25NO2. The molecule has 0 bridgehead atoms. The minimum Gasteiger partial charge on any atom is -0.393 e. The minimum atomic E-state index is -0.783. The Labute approximate surface area is 160 Å². The molecule has 2 atom stereocenters. The van der Waals surface area contributed by atoms with Crippen LogP contribution in [0.25, 0.3) is 0 Å². The van der Waals surface area contributed by atoms with Crippen molar-refractivity contribution in [3.8, 4) is 0 Å². The van der Waals surface area contributed by atoms with Crippen LogP contribution in [0.2, 0.25) is 0 Å². The van der Waals surface area contributed by atoms with Crippen molar-refractivity contribution in [1.82, 2.24) is 5.06 Å². The quantitative estimate of drug-likeness (QED) is 0.710. The lowest BCUT2D eigenvalue weighted by atomic mass is 9.77. The Morgan fingerprint density at radius 3 is 1.93 bits per heavy atom. The van der Waals surface area contributed by atoms with E-state index in [1.807, 2.05) is 71.8 Å². The summed E-state index contributed by atoms with van der Waals surface area (Å²) < 4.78 is 0. The monoisotopic (exact) mass is 359 g/mol. The van der Waals surface area contributed by atoms with Crippen LogP contribution in [-0.4, -0.2) is 16.8 Å². The summed E-state index contributed by atoms with van der Waals surface area (Å²) in [7, 11) is 0. The van der Waals surface area contributed by atoms with E-state index in [1.165, 1.54) is 5.56 Å². The first-order valence-electron chi connectivity index (χ1n) is 9.35. The van der Waals surface area contributed by atoms with Gasteiger partial charge in [0.2, 0.25) is 0 Å². The van der Waals surface area contributed by atoms with E-state index in [0.717, 1.165) is 11.1 Å². The molecule has 1 N–H and O–H groups in total. The van der Waals surface area contributed by atoms with Crippen molar-refractivity contribution in [3.05, 3.63) is 108 Å². The Kier molecular flexibility index (Phi) is 4.60. The number of rotatable bonds is 5. The van der Waals surface area contributed by atoms with Crippen LogP contribution in [0.15, 0.2) is 91.0 Å². The standard InChI is InChI=1S/C24H25NO2/c1-23(2,20-14-8-4-9-15-20)25-22(19-12-6-3-7-13-19)24(18-26,27-25)21-16-10-5-11-17-21/h3-17,22,26H,18H2,1-2H3/t22-,24+/m1/s1. The number of hydrogen-bond donors (Lipinski definition) is 1. The number of hydroxylamine groups is 2. The fraction of sp³-hybridized carbons (Fsp3) is 0.250. The maximum Gasteiger partial charge on any atom is 0.160 e. The third kappa shape index (κ3) is 2.88. The van der Waals surface area contributed by atoms with Gasteiger partial charge in [-0.3, -0.25) is 4.84 Å². The molecule has 1 heterocycles. The summed E-state index contributed by atoms with van der Waals surface area (Å²) in [5.41, 5.74) is 2.15. The van der Waals surface area contributed by atoms with Crippen molar-refractivity contribution >= 4 is 0 Å². The highest BCUT2D eigenvalue weighted by atomic mass is 16.7. The highest BCUT2D eigenvalue weighted by Gasteiger charge is 2.60. The van der Waals surface area contributed by atoms with Crippen LogP contribution in [0.4, 0.5) is 0 Å². The molecule has 3 heteroatoms. The maximum atomic E-state index is 10.4. The summed E-state index contributed by atoms with van der Waals surface area (Å²) in [5, 5.41) is 12.5. The maximum absolute atomic E-state index is 10.4. The van der Waals surface area contributed by atoms with Gasteiger partial charge in [0, 0.05) is 0 Å². The second-order valence-corrected chi connectivity index (χ2v) is 7.57. The molecule has 0 amide bonds. The van der Waals surface area contributed by atoms with Gasteiger partial charge in [0.25, 0.3) is 0 Å². The fourth-order valence-electron chi connectivity index (χ4n) is 4.01. The zero-order valence-corrected chi connectivity index (χ0v) is 15.7. The smallest absolute Gasteiger partial charge is 0.160 e.